The molecule has 1 aliphatic rings. The molecule has 192 valence electrons. The van der Waals surface area contributed by atoms with Gasteiger partial charge in [-0.15, -0.1) is 0 Å². The number of nitrogens with one attached hydrogen (secondary N) is 1. The highest BCUT2D eigenvalue weighted by Crippen LogP contribution is 2.35. The number of amides is 3. The molecule has 10 heteroatoms. The molecule has 8 nitrogen and oxygen atoms in total. The molecule has 1 N–H and O–H groups in total. The maximum atomic E-state index is 12.9. The Hall–Kier alpha value is -4.26. The molecule has 0 radical (unpaired) electrons. The van der Waals surface area contributed by atoms with Gasteiger partial charge in [-0.05, 0) is 60.7 Å². The van der Waals surface area contributed by atoms with Crippen LogP contribution < -0.4 is 14.8 Å². The molecule has 1 aliphatic heterocycles. The Morgan fingerprint density at radius 1 is 1.08 bits per heavy atom. The van der Waals surface area contributed by atoms with E-state index >= 15 is 0 Å². The first-order valence-corrected chi connectivity index (χ1v) is 12.8. The first-order valence-electron chi connectivity index (χ1n) is 11.6. The van der Waals surface area contributed by atoms with E-state index in [0.29, 0.717) is 39.9 Å². The van der Waals surface area contributed by atoms with Crippen LogP contribution in [0.25, 0.3) is 6.08 Å². The normalized spacial score (nSPS) is 13.9. The summed E-state index contributed by atoms with van der Waals surface area (Å²) in [7, 11) is 0. The standard InChI is InChI=1S/C28H22ClN3O5S/c1-2-36-24-13-18(11-12-23(24)37-17-20-8-4-3-7-19(20)15-30)14-25-27(34)32(28(35)38-25)16-26(33)31-22-10-6-5-9-21(22)29/h3-14H,2,16-17H2,1H3,(H,31,33)/b25-14+. The summed E-state index contributed by atoms with van der Waals surface area (Å²) in [5, 5.41) is 11.7. The number of anilines is 1. The van der Waals surface area contributed by atoms with Gasteiger partial charge in [0.05, 0.1) is 33.9 Å². The average Bonchev–Trinajstić information content (AvgIpc) is 3.17. The van der Waals surface area contributed by atoms with E-state index in [2.05, 4.69) is 11.4 Å². The van der Waals surface area contributed by atoms with Crippen molar-refractivity contribution in [2.75, 3.05) is 18.5 Å². The van der Waals surface area contributed by atoms with Gasteiger partial charge in [-0.2, -0.15) is 5.26 Å². The lowest BCUT2D eigenvalue weighted by molar-refractivity contribution is -0.127. The van der Waals surface area contributed by atoms with Gasteiger partial charge in [0, 0.05) is 5.56 Å². The molecule has 3 amide bonds. The van der Waals surface area contributed by atoms with Crippen LogP contribution in [0.15, 0.2) is 71.6 Å². The van der Waals surface area contributed by atoms with E-state index in [1.54, 1.807) is 60.7 Å². The highest BCUT2D eigenvalue weighted by atomic mass is 35.5. The lowest BCUT2D eigenvalue weighted by Gasteiger charge is -2.14. The fourth-order valence-corrected chi connectivity index (χ4v) is 4.62. The molecule has 0 spiro atoms. The number of hydrogen-bond acceptors (Lipinski definition) is 7. The highest BCUT2D eigenvalue weighted by Gasteiger charge is 2.36. The number of imide groups is 1. The minimum atomic E-state index is -0.569. The molecule has 4 rings (SSSR count). The summed E-state index contributed by atoms with van der Waals surface area (Å²) in [5.74, 6) is -0.185. The van der Waals surface area contributed by atoms with Gasteiger partial charge in [-0.25, -0.2) is 0 Å². The Balaban J connectivity index is 1.47. The Morgan fingerprint density at radius 3 is 2.61 bits per heavy atom. The number of nitrogens with zero attached hydrogens (tertiary/aromatic N) is 2. The monoisotopic (exact) mass is 547 g/mol. The van der Waals surface area contributed by atoms with Gasteiger partial charge in [-0.3, -0.25) is 19.3 Å². The summed E-state index contributed by atoms with van der Waals surface area (Å²) >= 11 is 6.81. The van der Waals surface area contributed by atoms with Crippen LogP contribution in [0.1, 0.15) is 23.6 Å². The predicted molar refractivity (Wildman–Crippen MR) is 146 cm³/mol. The Kier molecular flexibility index (Phi) is 8.69. The Morgan fingerprint density at radius 2 is 1.84 bits per heavy atom. The molecule has 1 fully saturated rings. The predicted octanol–water partition coefficient (Wildman–Crippen LogP) is 5.86. The molecule has 1 heterocycles. The van der Waals surface area contributed by atoms with E-state index in [1.807, 2.05) is 19.1 Å². The number of carbonyl (C=O) groups is 3. The van der Waals surface area contributed by atoms with Crippen molar-refractivity contribution < 1.29 is 23.9 Å². The van der Waals surface area contributed by atoms with Crippen molar-refractivity contribution in [1.82, 2.24) is 4.90 Å². The van der Waals surface area contributed by atoms with Crippen molar-refractivity contribution in [3.05, 3.63) is 93.3 Å². The number of nitriles is 1. The second kappa shape index (κ2) is 12.3. The molecular formula is C28H22ClN3O5S. The van der Waals surface area contributed by atoms with Gasteiger partial charge in [0.2, 0.25) is 5.91 Å². The molecule has 0 aliphatic carbocycles. The average molecular weight is 548 g/mol. The molecule has 1 saturated heterocycles. The smallest absolute Gasteiger partial charge is 0.294 e. The van der Waals surface area contributed by atoms with Crippen LogP contribution in [0.3, 0.4) is 0 Å². The maximum Gasteiger partial charge on any atom is 0.294 e. The summed E-state index contributed by atoms with van der Waals surface area (Å²) in [6, 6.07) is 21.1. The van der Waals surface area contributed by atoms with Gasteiger partial charge in [0.15, 0.2) is 11.5 Å². The van der Waals surface area contributed by atoms with E-state index < -0.39 is 23.6 Å². The Bertz CT molecular complexity index is 1470. The van der Waals surface area contributed by atoms with Crippen LogP contribution in [-0.2, 0) is 16.2 Å². The third-order valence-corrected chi connectivity index (χ3v) is 6.65. The lowest BCUT2D eigenvalue weighted by atomic mass is 10.1. The van der Waals surface area contributed by atoms with Gasteiger partial charge in [-0.1, -0.05) is 48.0 Å². The summed E-state index contributed by atoms with van der Waals surface area (Å²) in [6.45, 7) is 1.96. The highest BCUT2D eigenvalue weighted by molar-refractivity contribution is 8.18. The summed E-state index contributed by atoms with van der Waals surface area (Å²) < 4.78 is 11.6. The van der Waals surface area contributed by atoms with Crippen LogP contribution in [0, 0.1) is 11.3 Å². The zero-order valence-electron chi connectivity index (χ0n) is 20.3. The number of halogens is 1. The number of rotatable bonds is 9. The molecule has 38 heavy (non-hydrogen) atoms. The molecule has 0 unspecified atom stereocenters. The van der Waals surface area contributed by atoms with Crippen LogP contribution in [-0.4, -0.2) is 35.1 Å². The molecule has 3 aromatic carbocycles. The quantitative estimate of drug-likeness (QED) is 0.334. The molecule has 3 aromatic rings. The van der Waals surface area contributed by atoms with E-state index in [-0.39, 0.29) is 11.5 Å². The summed E-state index contributed by atoms with van der Waals surface area (Å²) in [5.41, 5.74) is 2.28. The molecule has 0 saturated carbocycles. The second-order valence-corrected chi connectivity index (χ2v) is 9.39. The minimum absolute atomic E-state index is 0.179. The number of carbonyl (C=O) groups excluding carboxylic acids is 3. The number of benzene rings is 3. The van der Waals surface area contributed by atoms with E-state index in [1.165, 1.54) is 0 Å². The van der Waals surface area contributed by atoms with Gasteiger partial charge < -0.3 is 14.8 Å². The Labute approximate surface area is 228 Å². The zero-order valence-corrected chi connectivity index (χ0v) is 21.8. The molecular weight excluding hydrogens is 526 g/mol. The third-order valence-electron chi connectivity index (χ3n) is 5.41. The van der Waals surface area contributed by atoms with Crippen molar-refractivity contribution in [3.63, 3.8) is 0 Å². The number of thioether (sulfide) groups is 1. The van der Waals surface area contributed by atoms with E-state index in [4.69, 9.17) is 21.1 Å². The lowest BCUT2D eigenvalue weighted by Crippen LogP contribution is -2.36. The van der Waals surface area contributed by atoms with Crippen LogP contribution >= 0.6 is 23.4 Å². The fraction of sp³-hybridized carbons (Fsp3) is 0.143. The van der Waals surface area contributed by atoms with Gasteiger partial charge in [0.1, 0.15) is 13.2 Å². The van der Waals surface area contributed by atoms with Crippen molar-refractivity contribution in [3.8, 4) is 17.6 Å². The van der Waals surface area contributed by atoms with Gasteiger partial charge >= 0.3 is 0 Å². The second-order valence-electron chi connectivity index (χ2n) is 7.99. The SMILES string of the molecule is CCOc1cc(/C=C2/SC(=O)N(CC(=O)Nc3ccccc3Cl)C2=O)ccc1OCc1ccccc1C#N. The summed E-state index contributed by atoms with van der Waals surface area (Å²) in [6.07, 6.45) is 1.56. The van der Waals surface area contributed by atoms with Crippen molar-refractivity contribution in [2.24, 2.45) is 0 Å². The third kappa shape index (κ3) is 6.35. The number of ether oxygens (including phenoxy) is 2. The number of hydrogen-bond donors (Lipinski definition) is 1. The van der Waals surface area contributed by atoms with Crippen molar-refractivity contribution in [2.45, 2.75) is 13.5 Å². The van der Waals surface area contributed by atoms with Crippen molar-refractivity contribution in [1.29, 1.82) is 5.26 Å². The zero-order chi connectivity index (χ0) is 27.1. The topological polar surface area (TPSA) is 109 Å². The first-order chi connectivity index (χ1) is 18.4. The first kappa shape index (κ1) is 26.8. The van der Waals surface area contributed by atoms with Crippen molar-refractivity contribution >= 4 is 52.2 Å². The number of para-hydroxylation sites is 1. The molecule has 0 aromatic heterocycles. The van der Waals surface area contributed by atoms with Crippen LogP contribution in [0.5, 0.6) is 11.5 Å². The summed E-state index contributed by atoms with van der Waals surface area (Å²) in [4.78, 5) is 38.9. The molecule has 0 atom stereocenters. The largest absolute Gasteiger partial charge is 0.490 e. The minimum Gasteiger partial charge on any atom is -0.490 e. The van der Waals surface area contributed by atoms with E-state index in [9.17, 15) is 19.6 Å². The van der Waals surface area contributed by atoms with Crippen LogP contribution in [0.2, 0.25) is 5.02 Å². The molecule has 0 bridgehead atoms. The van der Waals surface area contributed by atoms with Gasteiger partial charge in [0.25, 0.3) is 11.1 Å². The maximum absolute atomic E-state index is 12.9. The van der Waals surface area contributed by atoms with E-state index in [0.717, 1.165) is 22.2 Å². The van der Waals surface area contributed by atoms with Crippen LogP contribution in [0.4, 0.5) is 10.5 Å². The fourth-order valence-electron chi connectivity index (χ4n) is 3.60.